The van der Waals surface area contributed by atoms with Crippen molar-refractivity contribution in [1.82, 2.24) is 19.1 Å². The molecule has 0 N–H and O–H groups in total. The van der Waals surface area contributed by atoms with Gasteiger partial charge in [-0.2, -0.15) is 5.10 Å². The zero-order valence-corrected chi connectivity index (χ0v) is 15.8. The highest BCUT2D eigenvalue weighted by atomic mass is 32.1. The number of hydrogen-bond donors (Lipinski definition) is 0. The first-order chi connectivity index (χ1) is 12.1. The molecule has 6 nitrogen and oxygen atoms in total. The molecule has 3 rings (SSSR count). The van der Waals surface area contributed by atoms with E-state index in [1.54, 1.807) is 17.7 Å². The van der Waals surface area contributed by atoms with Crippen molar-refractivity contribution in [3.05, 3.63) is 33.7 Å². The summed E-state index contributed by atoms with van der Waals surface area (Å²) in [6.07, 6.45) is 4.43. The molecule has 0 aliphatic rings. The minimum atomic E-state index is -0.217. The van der Waals surface area contributed by atoms with E-state index in [0.717, 1.165) is 29.5 Å². The molecule has 0 saturated carbocycles. The van der Waals surface area contributed by atoms with Gasteiger partial charge in [0, 0.05) is 18.0 Å². The lowest BCUT2D eigenvalue weighted by molar-refractivity contribution is -0.132. The number of nitrogens with zero attached hydrogens (tertiary/aromatic N) is 4. The molecule has 0 spiro atoms. The van der Waals surface area contributed by atoms with Crippen LogP contribution in [0.2, 0.25) is 0 Å². The van der Waals surface area contributed by atoms with Crippen LogP contribution in [0.5, 0.6) is 0 Å². The van der Waals surface area contributed by atoms with Crippen molar-refractivity contribution >= 4 is 33.0 Å². The van der Waals surface area contributed by atoms with E-state index in [1.807, 2.05) is 29.2 Å². The van der Waals surface area contributed by atoms with Crippen LogP contribution in [0.4, 0.5) is 0 Å². The van der Waals surface area contributed by atoms with E-state index in [4.69, 9.17) is 0 Å². The first-order valence-electron chi connectivity index (χ1n) is 8.86. The molecule has 0 saturated heterocycles. The van der Waals surface area contributed by atoms with Gasteiger partial charge in [-0.15, -0.1) is 11.3 Å². The van der Waals surface area contributed by atoms with Crippen LogP contribution >= 0.6 is 11.3 Å². The molecule has 7 heteroatoms. The van der Waals surface area contributed by atoms with Crippen LogP contribution in [0, 0.1) is 0 Å². The predicted molar refractivity (Wildman–Crippen MR) is 101 cm³/mol. The van der Waals surface area contributed by atoms with Crippen molar-refractivity contribution in [1.29, 1.82) is 0 Å². The van der Waals surface area contributed by atoms with Gasteiger partial charge in [-0.25, -0.2) is 4.68 Å². The van der Waals surface area contributed by atoms with Crippen molar-refractivity contribution < 1.29 is 4.79 Å². The van der Waals surface area contributed by atoms with Gasteiger partial charge in [0.05, 0.1) is 10.2 Å². The SMILES string of the molecule is CCCN(CCC)C(=O)Cn1ncn2c(cc3sc(CC)cc32)c1=O. The van der Waals surface area contributed by atoms with Gasteiger partial charge in [-0.05, 0) is 31.4 Å². The smallest absolute Gasteiger partial charge is 0.291 e. The Kier molecular flexibility index (Phi) is 5.22. The fourth-order valence-corrected chi connectivity index (χ4v) is 4.10. The highest BCUT2D eigenvalue weighted by Gasteiger charge is 2.16. The van der Waals surface area contributed by atoms with Crippen LogP contribution in [0.3, 0.4) is 0 Å². The van der Waals surface area contributed by atoms with Crippen molar-refractivity contribution in [3.8, 4) is 0 Å². The quantitative estimate of drug-likeness (QED) is 0.651. The molecular formula is C18H24N4O2S. The molecular weight excluding hydrogens is 336 g/mol. The summed E-state index contributed by atoms with van der Waals surface area (Å²) >= 11 is 1.70. The molecule has 0 radical (unpaired) electrons. The zero-order chi connectivity index (χ0) is 18.0. The highest BCUT2D eigenvalue weighted by molar-refractivity contribution is 7.19. The van der Waals surface area contributed by atoms with E-state index in [0.29, 0.717) is 18.6 Å². The lowest BCUT2D eigenvalue weighted by Crippen LogP contribution is -2.38. The topological polar surface area (TPSA) is 59.6 Å². The Labute approximate surface area is 150 Å². The van der Waals surface area contributed by atoms with Crippen LogP contribution in [0.1, 0.15) is 38.5 Å². The largest absolute Gasteiger partial charge is 0.341 e. The molecule has 3 aromatic rings. The molecule has 3 heterocycles. The summed E-state index contributed by atoms with van der Waals surface area (Å²) < 4.78 is 4.18. The minimum Gasteiger partial charge on any atom is -0.341 e. The third-order valence-electron chi connectivity index (χ3n) is 4.31. The Hall–Kier alpha value is -2.15. The summed E-state index contributed by atoms with van der Waals surface area (Å²) in [6.45, 7) is 7.63. The van der Waals surface area contributed by atoms with Gasteiger partial charge in [0.15, 0.2) is 0 Å². The first kappa shape index (κ1) is 17.7. The fourth-order valence-electron chi connectivity index (χ4n) is 3.07. The van der Waals surface area contributed by atoms with Gasteiger partial charge >= 0.3 is 0 Å². The van der Waals surface area contributed by atoms with Crippen molar-refractivity contribution in [2.24, 2.45) is 0 Å². The van der Waals surface area contributed by atoms with Gasteiger partial charge < -0.3 is 4.90 Å². The second-order valence-electron chi connectivity index (χ2n) is 6.19. The van der Waals surface area contributed by atoms with E-state index in [1.165, 1.54) is 9.56 Å². The maximum Gasteiger partial charge on any atom is 0.291 e. The molecule has 0 atom stereocenters. The van der Waals surface area contributed by atoms with Gasteiger partial charge in [-0.1, -0.05) is 20.8 Å². The number of carbonyl (C=O) groups is 1. The number of aromatic nitrogens is 3. The minimum absolute atomic E-state index is 0.00558. The van der Waals surface area contributed by atoms with Crippen molar-refractivity contribution in [2.75, 3.05) is 13.1 Å². The van der Waals surface area contributed by atoms with Gasteiger partial charge in [0.25, 0.3) is 5.56 Å². The average molecular weight is 360 g/mol. The number of aryl methyl sites for hydroxylation is 1. The molecule has 134 valence electrons. The molecule has 1 amide bonds. The van der Waals surface area contributed by atoms with Crippen molar-refractivity contribution in [3.63, 3.8) is 0 Å². The second-order valence-corrected chi connectivity index (χ2v) is 7.36. The summed E-state index contributed by atoms with van der Waals surface area (Å²) in [4.78, 5) is 28.3. The number of amides is 1. The monoisotopic (exact) mass is 360 g/mol. The first-order valence-corrected chi connectivity index (χ1v) is 9.68. The molecule has 25 heavy (non-hydrogen) atoms. The predicted octanol–water partition coefficient (Wildman–Crippen LogP) is 2.92. The summed E-state index contributed by atoms with van der Waals surface area (Å²) in [7, 11) is 0. The van der Waals surface area contributed by atoms with E-state index >= 15 is 0 Å². The third kappa shape index (κ3) is 3.33. The third-order valence-corrected chi connectivity index (χ3v) is 5.53. The molecule has 3 aromatic heterocycles. The molecule has 0 aliphatic heterocycles. The van der Waals surface area contributed by atoms with Gasteiger partial charge in [-0.3, -0.25) is 14.0 Å². The zero-order valence-electron chi connectivity index (χ0n) is 15.0. The van der Waals surface area contributed by atoms with Crippen molar-refractivity contribution in [2.45, 2.75) is 46.6 Å². The Morgan fingerprint density at radius 3 is 2.52 bits per heavy atom. The second kappa shape index (κ2) is 7.39. The van der Waals surface area contributed by atoms with Crippen LogP contribution in [-0.4, -0.2) is 38.1 Å². The lowest BCUT2D eigenvalue weighted by Gasteiger charge is -2.21. The van der Waals surface area contributed by atoms with E-state index in [2.05, 4.69) is 18.1 Å². The van der Waals surface area contributed by atoms with E-state index in [9.17, 15) is 9.59 Å². The number of fused-ring (bicyclic) bond motifs is 3. The number of carbonyl (C=O) groups excluding carboxylic acids is 1. The van der Waals surface area contributed by atoms with Crippen LogP contribution in [0.15, 0.2) is 23.3 Å². The molecule has 0 aliphatic carbocycles. The Balaban J connectivity index is 1.93. The van der Waals surface area contributed by atoms with Crippen LogP contribution < -0.4 is 5.56 Å². The highest BCUT2D eigenvalue weighted by Crippen LogP contribution is 2.28. The standard InChI is InChI=1S/C18H24N4O2S/c1-4-7-20(8-5-2)17(23)11-22-18(24)15-10-16-14(21(15)12-19-22)9-13(6-3)25-16/h9-10,12H,4-8,11H2,1-3H3. The molecule has 0 unspecified atom stereocenters. The molecule has 0 aromatic carbocycles. The number of rotatable bonds is 7. The Morgan fingerprint density at radius 2 is 1.88 bits per heavy atom. The fraction of sp³-hybridized carbons (Fsp3) is 0.500. The maximum atomic E-state index is 12.7. The van der Waals surface area contributed by atoms with E-state index < -0.39 is 0 Å². The lowest BCUT2D eigenvalue weighted by atomic mass is 10.3. The summed E-state index contributed by atoms with van der Waals surface area (Å²) in [5, 5.41) is 4.23. The van der Waals surface area contributed by atoms with E-state index in [-0.39, 0.29) is 18.0 Å². The number of hydrogen-bond acceptors (Lipinski definition) is 4. The van der Waals surface area contributed by atoms with Gasteiger partial charge in [0.2, 0.25) is 5.91 Å². The number of thiophene rings is 1. The van der Waals surface area contributed by atoms with Gasteiger partial charge in [0.1, 0.15) is 18.4 Å². The van der Waals surface area contributed by atoms with Crippen LogP contribution in [-0.2, 0) is 17.8 Å². The van der Waals surface area contributed by atoms with Crippen LogP contribution in [0.25, 0.3) is 15.7 Å². The summed E-state index contributed by atoms with van der Waals surface area (Å²) in [5.74, 6) is -0.0516. The Morgan fingerprint density at radius 1 is 1.16 bits per heavy atom. The molecule has 0 bridgehead atoms. The Bertz CT molecular complexity index is 947. The normalized spacial score (nSPS) is 11.5. The maximum absolute atomic E-state index is 12.7. The summed E-state index contributed by atoms with van der Waals surface area (Å²) in [5.41, 5.74) is 1.37. The average Bonchev–Trinajstić information content (AvgIpc) is 3.15. The summed E-state index contributed by atoms with van der Waals surface area (Å²) in [6, 6.07) is 4.01. The molecule has 0 fully saturated rings.